The molecule has 0 fully saturated rings. The van der Waals surface area contributed by atoms with Crippen molar-refractivity contribution in [2.45, 2.75) is 25.3 Å². The standard InChI is InChI=1S/C15H15F2N3O/c1-20-14-4-2-3-13(11(14)8-18-20)19-15(21)10-6-5-9(16)7-12(10)17/h5-8,13H,2-4H2,1H3,(H,19,21)/t13-/m0/s1. The van der Waals surface area contributed by atoms with Gasteiger partial charge in [0.05, 0.1) is 17.8 Å². The summed E-state index contributed by atoms with van der Waals surface area (Å²) in [6, 6.07) is 2.77. The van der Waals surface area contributed by atoms with Gasteiger partial charge < -0.3 is 5.32 Å². The smallest absolute Gasteiger partial charge is 0.254 e. The summed E-state index contributed by atoms with van der Waals surface area (Å²) in [5, 5.41) is 7.01. The highest BCUT2D eigenvalue weighted by Gasteiger charge is 2.25. The van der Waals surface area contributed by atoms with Gasteiger partial charge in [-0.15, -0.1) is 0 Å². The molecule has 0 bridgehead atoms. The normalized spacial score (nSPS) is 17.4. The van der Waals surface area contributed by atoms with Crippen LogP contribution in [0.1, 0.15) is 40.5 Å². The van der Waals surface area contributed by atoms with Crippen LogP contribution in [0.4, 0.5) is 8.78 Å². The van der Waals surface area contributed by atoms with Gasteiger partial charge in [-0.25, -0.2) is 8.78 Å². The number of nitrogens with one attached hydrogen (secondary N) is 1. The van der Waals surface area contributed by atoms with Crippen LogP contribution in [0.5, 0.6) is 0 Å². The van der Waals surface area contributed by atoms with Gasteiger partial charge in [0.1, 0.15) is 11.6 Å². The van der Waals surface area contributed by atoms with Crippen LogP contribution < -0.4 is 5.32 Å². The van der Waals surface area contributed by atoms with E-state index in [1.54, 1.807) is 10.9 Å². The van der Waals surface area contributed by atoms with Crippen molar-refractivity contribution in [1.82, 2.24) is 15.1 Å². The van der Waals surface area contributed by atoms with Crippen molar-refractivity contribution in [3.05, 3.63) is 52.9 Å². The second-order valence-corrected chi connectivity index (χ2v) is 5.21. The summed E-state index contributed by atoms with van der Waals surface area (Å²) in [7, 11) is 1.86. The van der Waals surface area contributed by atoms with Crippen molar-refractivity contribution >= 4 is 5.91 Å². The molecule has 0 spiro atoms. The average Bonchev–Trinajstić information content (AvgIpc) is 2.81. The molecule has 2 aromatic rings. The molecule has 3 rings (SSSR count). The molecule has 110 valence electrons. The third kappa shape index (κ3) is 2.53. The number of hydrogen-bond donors (Lipinski definition) is 1. The SMILES string of the molecule is Cn1ncc2c1CCC[C@@H]2NC(=O)c1ccc(F)cc1F. The van der Waals surface area contributed by atoms with E-state index in [1.807, 2.05) is 7.05 Å². The minimum atomic E-state index is -0.852. The van der Waals surface area contributed by atoms with Gasteiger partial charge in [-0.2, -0.15) is 5.10 Å². The summed E-state index contributed by atoms with van der Waals surface area (Å²) in [6.45, 7) is 0. The molecule has 6 heteroatoms. The maximum Gasteiger partial charge on any atom is 0.254 e. The fraction of sp³-hybridized carbons (Fsp3) is 0.333. The fourth-order valence-corrected chi connectivity index (χ4v) is 2.77. The van der Waals surface area contributed by atoms with Crippen molar-refractivity contribution in [3.63, 3.8) is 0 Å². The Morgan fingerprint density at radius 3 is 3.00 bits per heavy atom. The van der Waals surface area contributed by atoms with Gasteiger partial charge in [-0.05, 0) is 31.4 Å². The number of halogens is 2. The lowest BCUT2D eigenvalue weighted by atomic mass is 9.92. The highest BCUT2D eigenvalue weighted by atomic mass is 19.1. The van der Waals surface area contributed by atoms with Crippen molar-refractivity contribution in [3.8, 4) is 0 Å². The Morgan fingerprint density at radius 2 is 2.24 bits per heavy atom. The lowest BCUT2D eigenvalue weighted by Crippen LogP contribution is -2.31. The summed E-state index contributed by atoms with van der Waals surface area (Å²) in [6.07, 6.45) is 4.38. The van der Waals surface area contributed by atoms with Gasteiger partial charge in [0.15, 0.2) is 0 Å². The zero-order chi connectivity index (χ0) is 15.0. The number of rotatable bonds is 2. The second-order valence-electron chi connectivity index (χ2n) is 5.21. The number of amides is 1. The molecule has 1 aliphatic rings. The molecule has 21 heavy (non-hydrogen) atoms. The zero-order valence-electron chi connectivity index (χ0n) is 11.6. The van der Waals surface area contributed by atoms with Crippen LogP contribution in [-0.2, 0) is 13.5 Å². The van der Waals surface area contributed by atoms with Crippen LogP contribution in [0, 0.1) is 11.6 Å². The largest absolute Gasteiger partial charge is 0.345 e. The van der Waals surface area contributed by atoms with Crippen LogP contribution in [-0.4, -0.2) is 15.7 Å². The summed E-state index contributed by atoms with van der Waals surface area (Å²) >= 11 is 0. The lowest BCUT2D eigenvalue weighted by Gasteiger charge is -2.23. The van der Waals surface area contributed by atoms with Gasteiger partial charge in [0, 0.05) is 24.4 Å². The Labute approximate surface area is 120 Å². The molecular weight excluding hydrogens is 276 g/mol. The molecular formula is C15H15F2N3O. The maximum atomic E-state index is 13.6. The molecule has 4 nitrogen and oxygen atoms in total. The number of benzene rings is 1. The molecule has 1 heterocycles. The molecule has 0 saturated carbocycles. The van der Waals surface area contributed by atoms with Crippen molar-refractivity contribution in [2.75, 3.05) is 0 Å². The first-order valence-electron chi connectivity index (χ1n) is 6.83. The van der Waals surface area contributed by atoms with E-state index in [0.29, 0.717) is 6.07 Å². The van der Waals surface area contributed by atoms with Crippen molar-refractivity contribution in [1.29, 1.82) is 0 Å². The second kappa shape index (κ2) is 5.27. The number of fused-ring (bicyclic) bond motifs is 1. The Morgan fingerprint density at radius 1 is 1.43 bits per heavy atom. The number of nitrogens with zero attached hydrogens (tertiary/aromatic N) is 2. The van der Waals surface area contributed by atoms with E-state index >= 15 is 0 Å². The number of aryl methyl sites for hydroxylation is 1. The topological polar surface area (TPSA) is 46.9 Å². The average molecular weight is 291 g/mol. The third-order valence-corrected chi connectivity index (χ3v) is 3.86. The van der Waals surface area contributed by atoms with Crippen LogP contribution >= 0.6 is 0 Å². The summed E-state index contributed by atoms with van der Waals surface area (Å²) in [4.78, 5) is 12.2. The van der Waals surface area contributed by atoms with E-state index < -0.39 is 17.5 Å². The first kappa shape index (κ1) is 13.7. The molecule has 1 atom stereocenters. The van der Waals surface area contributed by atoms with E-state index in [2.05, 4.69) is 10.4 Å². The van der Waals surface area contributed by atoms with Crippen LogP contribution in [0.15, 0.2) is 24.4 Å². The zero-order valence-corrected chi connectivity index (χ0v) is 11.6. The summed E-state index contributed by atoms with van der Waals surface area (Å²) in [5.74, 6) is -2.08. The quantitative estimate of drug-likeness (QED) is 0.924. The molecule has 1 amide bonds. The van der Waals surface area contributed by atoms with E-state index in [4.69, 9.17) is 0 Å². The van der Waals surface area contributed by atoms with Gasteiger partial charge >= 0.3 is 0 Å². The molecule has 0 aliphatic heterocycles. The van der Waals surface area contributed by atoms with Crippen LogP contribution in [0.25, 0.3) is 0 Å². The van der Waals surface area contributed by atoms with E-state index in [1.165, 1.54) is 0 Å². The molecule has 1 aromatic carbocycles. The third-order valence-electron chi connectivity index (χ3n) is 3.86. The lowest BCUT2D eigenvalue weighted by molar-refractivity contribution is 0.0928. The fourth-order valence-electron chi connectivity index (χ4n) is 2.77. The Balaban J connectivity index is 1.82. The number of hydrogen-bond acceptors (Lipinski definition) is 2. The van der Waals surface area contributed by atoms with Crippen LogP contribution in [0.3, 0.4) is 0 Å². The maximum absolute atomic E-state index is 13.6. The van der Waals surface area contributed by atoms with Gasteiger partial charge in [0.25, 0.3) is 5.91 Å². The molecule has 1 aromatic heterocycles. The molecule has 1 aliphatic carbocycles. The minimum Gasteiger partial charge on any atom is -0.345 e. The summed E-state index contributed by atoms with van der Waals surface area (Å²) in [5.41, 5.74) is 1.91. The highest BCUT2D eigenvalue weighted by molar-refractivity contribution is 5.94. The Hall–Kier alpha value is -2.24. The van der Waals surface area contributed by atoms with Gasteiger partial charge in [-0.3, -0.25) is 9.48 Å². The predicted molar refractivity (Wildman–Crippen MR) is 72.7 cm³/mol. The highest BCUT2D eigenvalue weighted by Crippen LogP contribution is 2.29. The van der Waals surface area contributed by atoms with E-state index in [-0.39, 0.29) is 11.6 Å². The van der Waals surface area contributed by atoms with Gasteiger partial charge in [-0.1, -0.05) is 0 Å². The molecule has 0 radical (unpaired) electrons. The van der Waals surface area contributed by atoms with E-state index in [0.717, 1.165) is 42.7 Å². The summed E-state index contributed by atoms with van der Waals surface area (Å²) < 4.78 is 28.3. The first-order valence-corrected chi connectivity index (χ1v) is 6.83. The van der Waals surface area contributed by atoms with Crippen LogP contribution in [0.2, 0.25) is 0 Å². The van der Waals surface area contributed by atoms with Crippen molar-refractivity contribution in [2.24, 2.45) is 7.05 Å². The molecule has 1 N–H and O–H groups in total. The Bertz CT molecular complexity index is 696. The monoisotopic (exact) mass is 291 g/mol. The number of aromatic nitrogens is 2. The van der Waals surface area contributed by atoms with Gasteiger partial charge in [0.2, 0.25) is 0 Å². The number of carbonyl (C=O) groups is 1. The Kier molecular flexibility index (Phi) is 3.45. The van der Waals surface area contributed by atoms with E-state index in [9.17, 15) is 13.6 Å². The first-order chi connectivity index (χ1) is 10.1. The molecule has 0 unspecified atom stereocenters. The molecule has 0 saturated heterocycles. The minimum absolute atomic E-state index is 0.146. The number of carbonyl (C=O) groups excluding carboxylic acids is 1. The predicted octanol–water partition coefficient (Wildman–Crippen LogP) is 2.51. The van der Waals surface area contributed by atoms with Crippen molar-refractivity contribution < 1.29 is 13.6 Å².